The molecule has 10 unspecified atom stereocenters. The van der Waals surface area contributed by atoms with Crippen LogP contribution < -0.4 is 5.32 Å². The molecule has 0 amide bonds. The highest BCUT2D eigenvalue weighted by Crippen LogP contribution is 2.87. The Morgan fingerprint density at radius 1 is 0.975 bits per heavy atom. The number of hydrogen-bond donors (Lipinski definition) is 2. The van der Waals surface area contributed by atoms with Crippen LogP contribution in [0, 0.1) is 45.3 Å². The van der Waals surface area contributed by atoms with Gasteiger partial charge in [-0.3, -0.25) is 0 Å². The van der Waals surface area contributed by atoms with Gasteiger partial charge >= 0.3 is 0 Å². The molecule has 6 heteroatoms. The molecule has 2 spiro atoms. The number of hydrogen-bond acceptors (Lipinski definition) is 6. The molecule has 0 bridgehead atoms. The summed E-state index contributed by atoms with van der Waals surface area (Å²) in [5.74, 6) is 3.05. The highest BCUT2D eigenvalue weighted by atomic mass is 16.7. The van der Waals surface area contributed by atoms with Gasteiger partial charge in [-0.25, -0.2) is 0 Å². The van der Waals surface area contributed by atoms with E-state index in [0.717, 1.165) is 43.9 Å². The molecule has 2 N–H and O–H groups in total. The summed E-state index contributed by atoms with van der Waals surface area (Å²) in [6, 6.07) is 0. The molecule has 7 fully saturated rings. The molecule has 7 rings (SSSR count). The van der Waals surface area contributed by atoms with Gasteiger partial charge in [-0.1, -0.05) is 20.8 Å². The second-order valence-corrected chi connectivity index (χ2v) is 16.5. The Morgan fingerprint density at radius 3 is 2.50 bits per heavy atom. The van der Waals surface area contributed by atoms with Gasteiger partial charge in [-0.2, -0.15) is 0 Å². The van der Waals surface area contributed by atoms with Crippen molar-refractivity contribution >= 4 is 0 Å². The van der Waals surface area contributed by atoms with Crippen molar-refractivity contribution in [3.8, 4) is 0 Å². The Kier molecular flexibility index (Phi) is 6.87. The first-order chi connectivity index (χ1) is 19.0. The van der Waals surface area contributed by atoms with Crippen LogP contribution in [0.3, 0.4) is 0 Å². The summed E-state index contributed by atoms with van der Waals surface area (Å²) in [6.07, 6.45) is 13.3. The SMILES string of the molecule is CCOC(C1CCC2C(CC3C4CCC5C(C)(C)[C@@H](OC6CNCCO6)CC[C@@]56CC46CCC23C)O1)C(C)(C)O. The van der Waals surface area contributed by atoms with Gasteiger partial charge in [0.2, 0.25) is 0 Å². The number of nitrogens with one attached hydrogen (secondary N) is 1. The van der Waals surface area contributed by atoms with Crippen molar-refractivity contribution in [3.05, 3.63) is 0 Å². The maximum atomic E-state index is 10.9. The Bertz CT molecular complexity index is 958. The fourth-order valence-electron chi connectivity index (χ4n) is 12.5. The van der Waals surface area contributed by atoms with Crippen LogP contribution in [0.5, 0.6) is 0 Å². The largest absolute Gasteiger partial charge is 0.388 e. The fraction of sp³-hybridized carbons (Fsp3) is 1.00. The average molecular weight is 560 g/mol. The molecule has 0 aromatic rings. The summed E-state index contributed by atoms with van der Waals surface area (Å²) < 4.78 is 25.7. The maximum absolute atomic E-state index is 10.9. The summed E-state index contributed by atoms with van der Waals surface area (Å²) >= 11 is 0. The van der Waals surface area contributed by atoms with Crippen molar-refractivity contribution in [2.75, 3.05) is 26.3 Å². The molecule has 2 saturated heterocycles. The Hall–Kier alpha value is -0.240. The fourth-order valence-corrected chi connectivity index (χ4v) is 12.5. The lowest BCUT2D eigenvalue weighted by Gasteiger charge is -2.60. The van der Waals surface area contributed by atoms with E-state index in [4.69, 9.17) is 18.9 Å². The molecular weight excluding hydrogens is 502 g/mol. The van der Waals surface area contributed by atoms with Crippen molar-refractivity contribution in [1.82, 2.24) is 5.32 Å². The monoisotopic (exact) mass is 559 g/mol. The minimum Gasteiger partial charge on any atom is -0.388 e. The molecule has 5 aliphatic carbocycles. The van der Waals surface area contributed by atoms with Gasteiger partial charge in [-0.15, -0.1) is 0 Å². The van der Waals surface area contributed by atoms with E-state index in [2.05, 4.69) is 26.1 Å². The number of ether oxygens (including phenoxy) is 4. The first kappa shape index (κ1) is 28.5. The lowest BCUT2D eigenvalue weighted by molar-refractivity contribution is -0.232. The second-order valence-electron chi connectivity index (χ2n) is 16.5. The number of morpholine rings is 1. The molecule has 5 saturated carbocycles. The third-order valence-corrected chi connectivity index (χ3v) is 14.1. The number of aliphatic hydroxyl groups is 1. The quantitative estimate of drug-likeness (QED) is 0.435. The third-order valence-electron chi connectivity index (χ3n) is 14.1. The van der Waals surface area contributed by atoms with Crippen LogP contribution in [-0.2, 0) is 18.9 Å². The molecule has 228 valence electrons. The van der Waals surface area contributed by atoms with E-state index in [1.807, 2.05) is 20.8 Å². The van der Waals surface area contributed by atoms with Gasteiger partial charge in [0, 0.05) is 19.7 Å². The van der Waals surface area contributed by atoms with Crippen molar-refractivity contribution in [1.29, 1.82) is 0 Å². The Balaban J connectivity index is 1.08. The predicted molar refractivity (Wildman–Crippen MR) is 155 cm³/mol. The lowest BCUT2D eigenvalue weighted by atomic mass is 9.46. The Labute approximate surface area is 243 Å². The zero-order chi connectivity index (χ0) is 28.1. The van der Waals surface area contributed by atoms with E-state index in [1.165, 1.54) is 57.8 Å². The van der Waals surface area contributed by atoms with Crippen LogP contribution in [0.1, 0.15) is 106 Å². The van der Waals surface area contributed by atoms with Crippen molar-refractivity contribution < 1.29 is 24.1 Å². The smallest absolute Gasteiger partial charge is 0.170 e. The maximum Gasteiger partial charge on any atom is 0.170 e. The van der Waals surface area contributed by atoms with Gasteiger partial charge in [0.25, 0.3) is 0 Å². The van der Waals surface area contributed by atoms with E-state index in [9.17, 15) is 5.11 Å². The van der Waals surface area contributed by atoms with E-state index < -0.39 is 5.60 Å². The topological polar surface area (TPSA) is 69.2 Å². The predicted octanol–water partition coefficient (Wildman–Crippen LogP) is 5.70. The average Bonchev–Trinajstić information content (AvgIpc) is 3.49. The minimum atomic E-state index is -0.888. The Morgan fingerprint density at radius 2 is 1.77 bits per heavy atom. The zero-order valence-electron chi connectivity index (χ0n) is 26.2. The van der Waals surface area contributed by atoms with Crippen LogP contribution in [-0.4, -0.2) is 67.7 Å². The van der Waals surface area contributed by atoms with Crippen molar-refractivity contribution in [2.45, 2.75) is 142 Å². The summed E-state index contributed by atoms with van der Waals surface area (Å²) in [5.41, 5.74) is 0.795. The molecular formula is C34H57NO5. The van der Waals surface area contributed by atoms with Crippen LogP contribution in [0.25, 0.3) is 0 Å². The summed E-state index contributed by atoms with van der Waals surface area (Å²) in [7, 11) is 0. The molecule has 2 heterocycles. The third kappa shape index (κ3) is 4.01. The highest BCUT2D eigenvalue weighted by molar-refractivity contribution is 5.29. The second kappa shape index (κ2) is 9.63. The van der Waals surface area contributed by atoms with Crippen molar-refractivity contribution in [3.63, 3.8) is 0 Å². The highest BCUT2D eigenvalue weighted by Gasteiger charge is 2.80. The standard InChI is InChI=1S/C34H57NO5/c1-7-37-29(31(4,5)36)24-10-8-22-25(39-24)18-23-21-9-11-26-30(2,3)27(40-28-19-35-16-17-38-28)12-13-34(26)20-33(21,34)15-14-32(22,23)6/h21-29,35-36H,7-20H2,1-6H3/t21?,22?,23?,24?,25?,26?,27-,28?,29?,32?,33?,34+/m0/s1. The molecule has 2 aliphatic heterocycles. The zero-order valence-corrected chi connectivity index (χ0v) is 26.2. The number of fused-ring (bicyclic) bond motifs is 4. The van der Waals surface area contributed by atoms with Gasteiger partial charge in [0.15, 0.2) is 6.29 Å². The molecule has 7 aliphatic rings. The summed E-state index contributed by atoms with van der Waals surface area (Å²) in [6.45, 7) is 16.6. The van der Waals surface area contributed by atoms with E-state index in [-0.39, 0.29) is 23.9 Å². The van der Waals surface area contributed by atoms with Gasteiger partial charge in [0.05, 0.1) is 30.5 Å². The van der Waals surface area contributed by atoms with Crippen LogP contribution in [0.4, 0.5) is 0 Å². The normalized spacial score (nSPS) is 52.0. The van der Waals surface area contributed by atoms with Crippen LogP contribution in [0.15, 0.2) is 0 Å². The molecule has 12 atom stereocenters. The molecule has 0 aromatic carbocycles. The molecule has 6 nitrogen and oxygen atoms in total. The molecule has 0 aromatic heterocycles. The van der Waals surface area contributed by atoms with E-state index >= 15 is 0 Å². The van der Waals surface area contributed by atoms with E-state index in [0.29, 0.717) is 41.0 Å². The van der Waals surface area contributed by atoms with Gasteiger partial charge in [0.1, 0.15) is 6.10 Å². The number of rotatable bonds is 6. The van der Waals surface area contributed by atoms with Gasteiger partial charge in [-0.05, 0) is 130 Å². The van der Waals surface area contributed by atoms with E-state index in [1.54, 1.807) is 0 Å². The lowest BCUT2D eigenvalue weighted by Crippen LogP contribution is -2.56. The van der Waals surface area contributed by atoms with Crippen LogP contribution in [0.2, 0.25) is 0 Å². The van der Waals surface area contributed by atoms with Gasteiger partial charge < -0.3 is 29.4 Å². The summed E-state index contributed by atoms with van der Waals surface area (Å²) in [4.78, 5) is 0. The van der Waals surface area contributed by atoms with Crippen molar-refractivity contribution in [2.24, 2.45) is 45.3 Å². The minimum absolute atomic E-state index is 0.00124. The molecule has 40 heavy (non-hydrogen) atoms. The summed E-state index contributed by atoms with van der Waals surface area (Å²) in [5, 5.41) is 14.3. The molecule has 0 radical (unpaired) electrons. The van der Waals surface area contributed by atoms with Crippen LogP contribution >= 0.6 is 0 Å². The first-order valence-corrected chi connectivity index (χ1v) is 16.9. The first-order valence-electron chi connectivity index (χ1n) is 16.9.